The molecule has 0 spiro atoms. The average Bonchev–Trinajstić information content (AvgIpc) is 3.41. The van der Waals surface area contributed by atoms with E-state index >= 15 is 0 Å². The Morgan fingerprint density at radius 1 is 1.25 bits per heavy atom. The molecule has 2 aliphatic rings. The van der Waals surface area contributed by atoms with Crippen LogP contribution in [-0.4, -0.2) is 57.0 Å². The molecule has 8 heteroatoms. The Labute approximate surface area is 165 Å². The first-order chi connectivity index (χ1) is 13.6. The maximum atomic E-state index is 12.6. The highest BCUT2D eigenvalue weighted by Gasteiger charge is 2.27. The molecule has 2 fully saturated rings. The molecule has 28 heavy (non-hydrogen) atoms. The summed E-state index contributed by atoms with van der Waals surface area (Å²) >= 11 is 0. The summed E-state index contributed by atoms with van der Waals surface area (Å²) in [6, 6.07) is 2.00. The lowest BCUT2D eigenvalue weighted by Crippen LogP contribution is -2.32. The maximum Gasteiger partial charge on any atom is 0.244 e. The number of hydrogen-bond acceptors (Lipinski definition) is 6. The molecule has 0 aromatic carbocycles. The van der Waals surface area contributed by atoms with Gasteiger partial charge in [0.05, 0.1) is 5.69 Å². The van der Waals surface area contributed by atoms with Crippen molar-refractivity contribution in [3.63, 3.8) is 0 Å². The summed E-state index contributed by atoms with van der Waals surface area (Å²) in [6.45, 7) is 7.43. The first-order valence-corrected chi connectivity index (χ1v) is 10.3. The van der Waals surface area contributed by atoms with Gasteiger partial charge in [0.25, 0.3) is 0 Å². The van der Waals surface area contributed by atoms with E-state index in [1.807, 2.05) is 24.8 Å². The van der Waals surface area contributed by atoms with Crippen molar-refractivity contribution < 1.29 is 14.1 Å². The van der Waals surface area contributed by atoms with Crippen molar-refractivity contribution in [2.24, 2.45) is 5.92 Å². The molecular formula is C20H29N5O3. The average molecular weight is 387 g/mol. The molecule has 2 aliphatic heterocycles. The summed E-state index contributed by atoms with van der Waals surface area (Å²) in [5, 5.41) is 8.55. The summed E-state index contributed by atoms with van der Waals surface area (Å²) in [4.78, 5) is 19.1. The van der Waals surface area contributed by atoms with Crippen molar-refractivity contribution in [3.8, 4) is 0 Å². The highest BCUT2D eigenvalue weighted by molar-refractivity contribution is 5.76. The number of rotatable bonds is 6. The third kappa shape index (κ3) is 4.43. The standard InChI is InChI=1S/C20H29N5O3/c1-14-11-15(2)25(22-14)13-19(26)24-8-5-16(12-24)3-4-18-21-20(28-23-18)17-6-9-27-10-7-17/h11,16-17H,3-10,12-13H2,1-2H3. The van der Waals surface area contributed by atoms with E-state index in [2.05, 4.69) is 15.2 Å². The fourth-order valence-electron chi connectivity index (χ4n) is 4.17. The Morgan fingerprint density at radius 2 is 2.07 bits per heavy atom. The minimum absolute atomic E-state index is 0.148. The summed E-state index contributed by atoms with van der Waals surface area (Å²) < 4.78 is 12.7. The van der Waals surface area contributed by atoms with Crippen LogP contribution in [0.2, 0.25) is 0 Å². The molecule has 152 valence electrons. The molecule has 0 N–H and O–H groups in total. The zero-order chi connectivity index (χ0) is 19.5. The van der Waals surface area contributed by atoms with Gasteiger partial charge in [-0.25, -0.2) is 0 Å². The van der Waals surface area contributed by atoms with Crippen LogP contribution < -0.4 is 0 Å². The zero-order valence-corrected chi connectivity index (χ0v) is 16.8. The molecule has 1 unspecified atom stereocenters. The van der Waals surface area contributed by atoms with Crippen LogP contribution in [0.1, 0.15) is 54.7 Å². The van der Waals surface area contributed by atoms with E-state index in [4.69, 9.17) is 9.26 Å². The summed E-state index contributed by atoms with van der Waals surface area (Å²) in [6.07, 6.45) is 4.73. The fraction of sp³-hybridized carbons (Fsp3) is 0.700. The van der Waals surface area contributed by atoms with Crippen molar-refractivity contribution >= 4 is 5.91 Å². The van der Waals surface area contributed by atoms with Crippen LogP contribution in [0.25, 0.3) is 0 Å². The zero-order valence-electron chi connectivity index (χ0n) is 16.8. The van der Waals surface area contributed by atoms with E-state index in [1.165, 1.54) is 0 Å². The molecule has 4 heterocycles. The monoisotopic (exact) mass is 387 g/mol. The third-order valence-corrected chi connectivity index (χ3v) is 5.86. The lowest BCUT2D eigenvalue weighted by molar-refractivity contribution is -0.131. The Bertz CT molecular complexity index is 809. The van der Waals surface area contributed by atoms with Crippen molar-refractivity contribution in [1.82, 2.24) is 24.8 Å². The number of aryl methyl sites for hydroxylation is 3. The maximum absolute atomic E-state index is 12.6. The number of carbonyl (C=O) groups is 1. The lowest BCUT2D eigenvalue weighted by Gasteiger charge is -2.18. The van der Waals surface area contributed by atoms with Gasteiger partial charge in [-0.15, -0.1) is 0 Å². The predicted octanol–water partition coefficient (Wildman–Crippen LogP) is 2.26. The van der Waals surface area contributed by atoms with Crippen LogP contribution >= 0.6 is 0 Å². The number of hydrogen-bond donors (Lipinski definition) is 0. The topological polar surface area (TPSA) is 86.3 Å². The van der Waals surface area contributed by atoms with E-state index in [9.17, 15) is 4.79 Å². The molecule has 2 aromatic rings. The molecule has 2 saturated heterocycles. The smallest absolute Gasteiger partial charge is 0.244 e. The molecule has 0 aliphatic carbocycles. The van der Waals surface area contributed by atoms with Crippen molar-refractivity contribution in [2.45, 2.75) is 58.4 Å². The van der Waals surface area contributed by atoms with Gasteiger partial charge in [-0.05, 0) is 51.5 Å². The minimum atomic E-state index is 0.148. The SMILES string of the molecule is Cc1cc(C)n(CC(=O)N2CCC(CCc3noc(C4CCOCC4)n3)C2)n1. The van der Waals surface area contributed by atoms with E-state index in [0.717, 1.165) is 81.5 Å². The van der Waals surface area contributed by atoms with E-state index in [0.29, 0.717) is 18.4 Å². The van der Waals surface area contributed by atoms with Gasteiger partial charge >= 0.3 is 0 Å². The van der Waals surface area contributed by atoms with Crippen molar-refractivity contribution in [1.29, 1.82) is 0 Å². The molecule has 1 atom stereocenters. The summed E-state index contributed by atoms with van der Waals surface area (Å²) in [7, 11) is 0. The Kier molecular flexibility index (Phi) is 5.75. The summed E-state index contributed by atoms with van der Waals surface area (Å²) in [5.74, 6) is 2.52. The molecule has 0 saturated carbocycles. The highest BCUT2D eigenvalue weighted by Crippen LogP contribution is 2.26. The van der Waals surface area contributed by atoms with Gasteiger partial charge in [-0.1, -0.05) is 5.16 Å². The normalized spacial score (nSPS) is 20.8. The Hall–Kier alpha value is -2.22. The first-order valence-electron chi connectivity index (χ1n) is 10.3. The number of aromatic nitrogens is 4. The number of nitrogens with zero attached hydrogens (tertiary/aromatic N) is 5. The lowest BCUT2D eigenvalue weighted by atomic mass is 10.0. The van der Waals surface area contributed by atoms with Crippen LogP contribution in [0.4, 0.5) is 0 Å². The predicted molar refractivity (Wildman–Crippen MR) is 102 cm³/mol. The first kappa shape index (κ1) is 19.1. The van der Waals surface area contributed by atoms with Crippen LogP contribution in [-0.2, 0) is 22.5 Å². The van der Waals surface area contributed by atoms with Crippen LogP contribution in [0.3, 0.4) is 0 Å². The van der Waals surface area contributed by atoms with Gasteiger partial charge in [0.15, 0.2) is 5.82 Å². The molecule has 0 bridgehead atoms. The minimum Gasteiger partial charge on any atom is -0.381 e. The number of amides is 1. The van der Waals surface area contributed by atoms with Gasteiger partial charge in [-0.2, -0.15) is 10.1 Å². The van der Waals surface area contributed by atoms with Crippen LogP contribution in [0, 0.1) is 19.8 Å². The molecule has 4 rings (SSSR count). The molecule has 0 radical (unpaired) electrons. The fourth-order valence-corrected chi connectivity index (χ4v) is 4.17. The van der Waals surface area contributed by atoms with Crippen LogP contribution in [0.5, 0.6) is 0 Å². The summed E-state index contributed by atoms with van der Waals surface area (Å²) in [5.41, 5.74) is 1.98. The van der Waals surface area contributed by atoms with E-state index in [-0.39, 0.29) is 5.91 Å². The second-order valence-corrected chi connectivity index (χ2v) is 8.05. The molecule has 8 nitrogen and oxygen atoms in total. The largest absolute Gasteiger partial charge is 0.381 e. The second kappa shape index (κ2) is 8.43. The van der Waals surface area contributed by atoms with E-state index < -0.39 is 0 Å². The van der Waals surface area contributed by atoms with Gasteiger partial charge in [0.2, 0.25) is 11.8 Å². The Morgan fingerprint density at radius 3 is 2.82 bits per heavy atom. The number of ether oxygens (including phenoxy) is 1. The van der Waals surface area contributed by atoms with Crippen molar-refractivity contribution in [2.75, 3.05) is 26.3 Å². The molecule has 2 aromatic heterocycles. The van der Waals surface area contributed by atoms with Gasteiger partial charge in [0, 0.05) is 44.3 Å². The highest BCUT2D eigenvalue weighted by atomic mass is 16.5. The number of likely N-dealkylation sites (tertiary alicyclic amines) is 1. The third-order valence-electron chi connectivity index (χ3n) is 5.86. The van der Waals surface area contributed by atoms with Gasteiger partial charge in [0.1, 0.15) is 6.54 Å². The molecular weight excluding hydrogens is 358 g/mol. The number of carbonyl (C=O) groups excluding carboxylic acids is 1. The van der Waals surface area contributed by atoms with Gasteiger partial charge in [-0.3, -0.25) is 9.48 Å². The molecule has 1 amide bonds. The van der Waals surface area contributed by atoms with Crippen molar-refractivity contribution in [3.05, 3.63) is 29.2 Å². The van der Waals surface area contributed by atoms with E-state index in [1.54, 1.807) is 4.68 Å². The van der Waals surface area contributed by atoms with Crippen LogP contribution in [0.15, 0.2) is 10.6 Å². The quantitative estimate of drug-likeness (QED) is 0.756. The Balaban J connectivity index is 1.24. The van der Waals surface area contributed by atoms with Gasteiger partial charge < -0.3 is 14.2 Å². The second-order valence-electron chi connectivity index (χ2n) is 8.05.